The summed E-state index contributed by atoms with van der Waals surface area (Å²) in [6.07, 6.45) is 4.42. The number of nitrogens with one attached hydrogen (secondary N) is 1. The van der Waals surface area contributed by atoms with Crippen molar-refractivity contribution in [3.05, 3.63) is 108 Å². The van der Waals surface area contributed by atoms with Crippen LogP contribution >= 0.6 is 0 Å². The smallest absolute Gasteiger partial charge is 0.0950 e. The van der Waals surface area contributed by atoms with E-state index in [4.69, 9.17) is 5.73 Å². The van der Waals surface area contributed by atoms with Gasteiger partial charge in [-0.05, 0) is 42.4 Å². The van der Waals surface area contributed by atoms with Gasteiger partial charge in [0, 0.05) is 12.1 Å². The molecule has 0 bridgehead atoms. The highest BCUT2D eigenvalue weighted by molar-refractivity contribution is 5.49. The van der Waals surface area contributed by atoms with Crippen molar-refractivity contribution in [2.75, 3.05) is 0 Å². The van der Waals surface area contributed by atoms with E-state index in [1.165, 1.54) is 16.7 Å². The number of nitrogens with two attached hydrogens (primary N) is 1. The van der Waals surface area contributed by atoms with Gasteiger partial charge in [-0.2, -0.15) is 0 Å². The van der Waals surface area contributed by atoms with E-state index in [0.717, 1.165) is 25.7 Å². The molecule has 1 saturated carbocycles. The number of benzene rings is 3. The van der Waals surface area contributed by atoms with Crippen molar-refractivity contribution in [1.82, 2.24) is 5.32 Å². The minimum atomic E-state index is -0.365. The summed E-state index contributed by atoms with van der Waals surface area (Å²) in [5.41, 5.74) is 9.63. The normalized spacial score (nSPS) is 20.3. The van der Waals surface area contributed by atoms with Crippen molar-refractivity contribution < 1.29 is 0 Å². The Morgan fingerprint density at radius 2 is 0.963 bits per heavy atom. The van der Waals surface area contributed by atoms with E-state index in [0.29, 0.717) is 12.1 Å². The molecule has 138 valence electrons. The average molecular weight is 357 g/mol. The highest BCUT2D eigenvalue weighted by Crippen LogP contribution is 2.38. The summed E-state index contributed by atoms with van der Waals surface area (Å²) in [6.45, 7) is 0. The minimum Gasteiger partial charge on any atom is -0.328 e. The lowest BCUT2D eigenvalue weighted by atomic mass is 9.75. The molecule has 0 heterocycles. The van der Waals surface area contributed by atoms with Crippen LogP contribution in [0.2, 0.25) is 0 Å². The highest BCUT2D eigenvalue weighted by atomic mass is 15.0. The molecule has 0 aromatic heterocycles. The number of hydrogen-bond donors (Lipinski definition) is 2. The van der Waals surface area contributed by atoms with Crippen LogP contribution in [0.3, 0.4) is 0 Å². The van der Waals surface area contributed by atoms with Crippen LogP contribution in [-0.2, 0) is 5.54 Å². The standard InChI is InChI=1S/C25H28N2/c26-23-16-18-24(19-17-23)27-25(20-10-4-1-5-11-20,21-12-6-2-7-13-21)22-14-8-3-9-15-22/h1-15,23-24,27H,16-19,26H2. The molecular weight excluding hydrogens is 328 g/mol. The molecule has 0 atom stereocenters. The van der Waals surface area contributed by atoms with Gasteiger partial charge in [-0.25, -0.2) is 0 Å². The van der Waals surface area contributed by atoms with Crippen molar-refractivity contribution in [3.8, 4) is 0 Å². The molecular formula is C25H28N2. The molecule has 0 spiro atoms. The fraction of sp³-hybridized carbons (Fsp3) is 0.280. The number of rotatable bonds is 5. The summed E-state index contributed by atoms with van der Waals surface area (Å²) in [5.74, 6) is 0. The Morgan fingerprint density at radius 3 is 1.33 bits per heavy atom. The molecule has 4 rings (SSSR count). The Labute approximate surface area is 162 Å². The predicted molar refractivity (Wildman–Crippen MR) is 113 cm³/mol. The maximum atomic E-state index is 6.17. The van der Waals surface area contributed by atoms with Crippen molar-refractivity contribution >= 4 is 0 Å². The molecule has 1 fully saturated rings. The van der Waals surface area contributed by atoms with Crippen LogP contribution in [-0.4, -0.2) is 12.1 Å². The Hall–Kier alpha value is -2.42. The largest absolute Gasteiger partial charge is 0.328 e. The van der Waals surface area contributed by atoms with Gasteiger partial charge in [0.1, 0.15) is 0 Å². The minimum absolute atomic E-state index is 0.350. The second kappa shape index (κ2) is 8.08. The first kappa shape index (κ1) is 18.0. The lowest BCUT2D eigenvalue weighted by Crippen LogP contribution is -2.51. The maximum absolute atomic E-state index is 6.17. The zero-order valence-corrected chi connectivity index (χ0v) is 15.7. The molecule has 3 N–H and O–H groups in total. The lowest BCUT2D eigenvalue weighted by Gasteiger charge is -2.42. The van der Waals surface area contributed by atoms with Gasteiger partial charge in [0.25, 0.3) is 0 Å². The van der Waals surface area contributed by atoms with Gasteiger partial charge >= 0.3 is 0 Å². The van der Waals surface area contributed by atoms with Gasteiger partial charge in [-0.15, -0.1) is 0 Å². The molecule has 0 amide bonds. The Kier molecular flexibility index (Phi) is 5.38. The third kappa shape index (κ3) is 3.69. The Bertz CT molecular complexity index is 725. The van der Waals surface area contributed by atoms with Gasteiger partial charge in [-0.1, -0.05) is 91.0 Å². The van der Waals surface area contributed by atoms with E-state index >= 15 is 0 Å². The predicted octanol–water partition coefficient (Wildman–Crippen LogP) is 4.84. The van der Waals surface area contributed by atoms with Gasteiger partial charge in [0.05, 0.1) is 5.54 Å². The van der Waals surface area contributed by atoms with Crippen molar-refractivity contribution in [2.24, 2.45) is 5.73 Å². The fourth-order valence-electron chi connectivity index (χ4n) is 4.38. The van der Waals surface area contributed by atoms with Crippen molar-refractivity contribution in [2.45, 2.75) is 43.3 Å². The second-order valence-electron chi connectivity index (χ2n) is 7.60. The Morgan fingerprint density at radius 1 is 0.593 bits per heavy atom. The van der Waals surface area contributed by atoms with Crippen LogP contribution in [0.15, 0.2) is 91.0 Å². The zero-order valence-electron chi connectivity index (χ0n) is 15.7. The average Bonchev–Trinajstić information content (AvgIpc) is 2.75. The topological polar surface area (TPSA) is 38.0 Å². The van der Waals surface area contributed by atoms with Gasteiger partial charge in [0.15, 0.2) is 0 Å². The first-order valence-electron chi connectivity index (χ1n) is 9.99. The molecule has 1 aliphatic rings. The molecule has 1 aliphatic carbocycles. The van der Waals surface area contributed by atoms with Crippen LogP contribution in [0.1, 0.15) is 42.4 Å². The zero-order chi connectivity index (χ0) is 18.5. The third-order valence-electron chi connectivity index (χ3n) is 5.81. The monoisotopic (exact) mass is 356 g/mol. The first-order chi connectivity index (χ1) is 13.3. The molecule has 3 aromatic carbocycles. The molecule has 0 unspecified atom stereocenters. The van der Waals surface area contributed by atoms with E-state index in [-0.39, 0.29) is 5.54 Å². The summed E-state index contributed by atoms with van der Waals surface area (Å²) in [4.78, 5) is 0. The van der Waals surface area contributed by atoms with E-state index in [2.05, 4.69) is 96.3 Å². The molecule has 3 aromatic rings. The SMILES string of the molecule is NC1CCC(NC(c2ccccc2)(c2ccccc2)c2ccccc2)CC1. The van der Waals surface area contributed by atoms with Gasteiger partial charge in [-0.3, -0.25) is 5.32 Å². The lowest BCUT2D eigenvalue weighted by molar-refractivity contribution is 0.295. The van der Waals surface area contributed by atoms with E-state index < -0.39 is 0 Å². The Balaban J connectivity index is 1.86. The van der Waals surface area contributed by atoms with E-state index in [1.54, 1.807) is 0 Å². The number of hydrogen-bond acceptors (Lipinski definition) is 2. The summed E-state index contributed by atoms with van der Waals surface area (Å²) in [7, 11) is 0. The van der Waals surface area contributed by atoms with Crippen molar-refractivity contribution in [1.29, 1.82) is 0 Å². The summed E-state index contributed by atoms with van der Waals surface area (Å²) in [6, 6.07) is 33.3. The van der Waals surface area contributed by atoms with Crippen LogP contribution in [0.25, 0.3) is 0 Å². The molecule has 2 nitrogen and oxygen atoms in total. The molecule has 0 aliphatic heterocycles. The highest BCUT2D eigenvalue weighted by Gasteiger charge is 2.38. The molecule has 27 heavy (non-hydrogen) atoms. The van der Waals surface area contributed by atoms with Crippen LogP contribution in [0.5, 0.6) is 0 Å². The summed E-state index contributed by atoms with van der Waals surface area (Å²) >= 11 is 0. The van der Waals surface area contributed by atoms with Gasteiger partial charge in [0.2, 0.25) is 0 Å². The van der Waals surface area contributed by atoms with Crippen LogP contribution < -0.4 is 11.1 Å². The molecule has 0 radical (unpaired) electrons. The van der Waals surface area contributed by atoms with Crippen LogP contribution in [0.4, 0.5) is 0 Å². The molecule has 0 saturated heterocycles. The summed E-state index contributed by atoms with van der Waals surface area (Å²) < 4.78 is 0. The van der Waals surface area contributed by atoms with E-state index in [9.17, 15) is 0 Å². The quantitative estimate of drug-likeness (QED) is 0.642. The van der Waals surface area contributed by atoms with Gasteiger partial charge < -0.3 is 5.73 Å². The summed E-state index contributed by atoms with van der Waals surface area (Å²) in [5, 5.41) is 4.08. The fourth-order valence-corrected chi connectivity index (χ4v) is 4.38. The van der Waals surface area contributed by atoms with Crippen molar-refractivity contribution in [3.63, 3.8) is 0 Å². The van der Waals surface area contributed by atoms with E-state index in [1.807, 2.05) is 0 Å². The third-order valence-corrected chi connectivity index (χ3v) is 5.81. The second-order valence-corrected chi connectivity index (χ2v) is 7.60. The maximum Gasteiger partial charge on any atom is 0.0950 e. The molecule has 2 heteroatoms. The first-order valence-corrected chi connectivity index (χ1v) is 9.99. The van der Waals surface area contributed by atoms with Crippen LogP contribution in [0, 0.1) is 0 Å².